The Hall–Kier alpha value is -1.93. The highest BCUT2D eigenvalue weighted by molar-refractivity contribution is 7.19. The molecule has 146 valence electrons. The summed E-state index contributed by atoms with van der Waals surface area (Å²) in [6.07, 6.45) is 2.02. The van der Waals surface area contributed by atoms with Gasteiger partial charge in [-0.05, 0) is 36.4 Å². The van der Waals surface area contributed by atoms with E-state index in [0.717, 1.165) is 29.9 Å². The normalized spacial score (nSPS) is 16.3. The maximum Gasteiger partial charge on any atom is 0.160 e. The van der Waals surface area contributed by atoms with Gasteiger partial charge in [-0.2, -0.15) is 5.10 Å². The molecule has 3 aromatic rings. The van der Waals surface area contributed by atoms with Crippen LogP contribution in [-0.4, -0.2) is 47.1 Å². The van der Waals surface area contributed by atoms with E-state index in [1.54, 1.807) is 29.1 Å². The molecule has 1 aliphatic rings. The fourth-order valence-corrected chi connectivity index (χ4v) is 4.66. The first kappa shape index (κ1) is 19.4. The zero-order valence-corrected chi connectivity index (χ0v) is 17.1. The third-order valence-corrected chi connectivity index (χ3v) is 6.28. The highest BCUT2D eigenvalue weighted by Gasteiger charge is 2.26. The van der Waals surface area contributed by atoms with Crippen LogP contribution in [0.2, 0.25) is 9.36 Å². The first-order valence-electron chi connectivity index (χ1n) is 8.75. The molecule has 5 nitrogen and oxygen atoms in total. The molecule has 0 saturated carbocycles. The van der Waals surface area contributed by atoms with Gasteiger partial charge in [0.05, 0.1) is 14.2 Å². The second kappa shape index (κ2) is 8.21. The average Bonchev–Trinajstić information content (AvgIpc) is 3.29. The number of carbonyl (C=O) groups is 1. The van der Waals surface area contributed by atoms with Crippen LogP contribution in [0.4, 0.5) is 10.1 Å². The van der Waals surface area contributed by atoms with Gasteiger partial charge in [-0.1, -0.05) is 23.2 Å². The van der Waals surface area contributed by atoms with E-state index in [1.807, 2.05) is 6.07 Å². The van der Waals surface area contributed by atoms with Gasteiger partial charge in [0.2, 0.25) is 0 Å². The molecule has 1 atom stereocenters. The number of halogens is 3. The molecule has 1 unspecified atom stereocenters. The molecule has 0 spiro atoms. The topological polar surface area (TPSA) is 41.4 Å². The summed E-state index contributed by atoms with van der Waals surface area (Å²) in [5, 5.41) is 5.02. The van der Waals surface area contributed by atoms with Crippen LogP contribution in [0.3, 0.4) is 0 Å². The van der Waals surface area contributed by atoms with Crippen molar-refractivity contribution >= 4 is 46.5 Å². The lowest BCUT2D eigenvalue weighted by molar-refractivity contribution is -0.115. The fourth-order valence-electron chi connectivity index (χ4n) is 3.33. The van der Waals surface area contributed by atoms with Crippen molar-refractivity contribution in [1.82, 2.24) is 14.7 Å². The molecule has 3 heterocycles. The molecule has 0 N–H and O–H groups in total. The van der Waals surface area contributed by atoms with Gasteiger partial charge in [0.25, 0.3) is 0 Å². The highest BCUT2D eigenvalue weighted by atomic mass is 35.5. The van der Waals surface area contributed by atoms with Crippen LogP contribution < -0.4 is 4.90 Å². The van der Waals surface area contributed by atoms with Gasteiger partial charge in [-0.15, -0.1) is 11.3 Å². The van der Waals surface area contributed by atoms with Gasteiger partial charge >= 0.3 is 0 Å². The molecule has 28 heavy (non-hydrogen) atoms. The minimum absolute atomic E-state index is 0.248. The van der Waals surface area contributed by atoms with Crippen molar-refractivity contribution in [2.75, 3.05) is 31.1 Å². The molecular formula is C19H17Cl2FN4OS. The first-order chi connectivity index (χ1) is 13.5. The number of hydrogen-bond acceptors (Lipinski definition) is 5. The lowest BCUT2D eigenvalue weighted by Gasteiger charge is -2.38. The zero-order chi connectivity index (χ0) is 19.7. The zero-order valence-electron chi connectivity index (χ0n) is 14.8. The van der Waals surface area contributed by atoms with E-state index < -0.39 is 6.17 Å². The SMILES string of the molecule is O=CC(N1CCN(c2ccc(F)cc2)CC1)n1cc(Cl)c(-c2ccc(Cl)s2)n1. The largest absolute Gasteiger partial charge is 0.369 e. The Morgan fingerprint density at radius 3 is 2.39 bits per heavy atom. The van der Waals surface area contributed by atoms with Gasteiger partial charge in [-0.3, -0.25) is 9.69 Å². The molecular weight excluding hydrogens is 422 g/mol. The lowest BCUT2D eigenvalue weighted by atomic mass is 10.2. The van der Waals surface area contributed by atoms with E-state index in [2.05, 4.69) is 14.9 Å². The Morgan fingerprint density at radius 1 is 1.07 bits per heavy atom. The van der Waals surface area contributed by atoms with Crippen LogP contribution in [0.5, 0.6) is 0 Å². The number of aldehydes is 1. The van der Waals surface area contributed by atoms with Crippen molar-refractivity contribution in [2.24, 2.45) is 0 Å². The Balaban J connectivity index is 1.48. The molecule has 0 radical (unpaired) electrons. The molecule has 9 heteroatoms. The maximum atomic E-state index is 13.1. The van der Waals surface area contributed by atoms with Crippen molar-refractivity contribution < 1.29 is 9.18 Å². The predicted octanol–water partition coefficient (Wildman–Crippen LogP) is 4.58. The number of aromatic nitrogens is 2. The second-order valence-electron chi connectivity index (χ2n) is 6.46. The van der Waals surface area contributed by atoms with E-state index in [-0.39, 0.29) is 5.82 Å². The Labute approximate surface area is 175 Å². The molecule has 0 bridgehead atoms. The third kappa shape index (κ3) is 3.93. The summed E-state index contributed by atoms with van der Waals surface area (Å²) in [6.45, 7) is 2.83. The molecule has 0 aliphatic carbocycles. The summed E-state index contributed by atoms with van der Waals surface area (Å²) in [6, 6.07) is 10.1. The number of piperazine rings is 1. The summed E-state index contributed by atoms with van der Waals surface area (Å²) in [5.74, 6) is -0.248. The van der Waals surface area contributed by atoms with Crippen molar-refractivity contribution in [1.29, 1.82) is 0 Å². The molecule has 1 fully saturated rings. The number of hydrogen-bond donors (Lipinski definition) is 0. The number of nitrogens with zero attached hydrogens (tertiary/aromatic N) is 4. The lowest BCUT2D eigenvalue weighted by Crippen LogP contribution is -2.49. The minimum atomic E-state index is -0.531. The first-order valence-corrected chi connectivity index (χ1v) is 10.3. The Morgan fingerprint density at radius 2 is 1.79 bits per heavy atom. The van der Waals surface area contributed by atoms with E-state index in [0.29, 0.717) is 28.1 Å². The fraction of sp³-hybridized carbons (Fsp3) is 0.263. The molecule has 1 aliphatic heterocycles. The molecule has 2 aromatic heterocycles. The van der Waals surface area contributed by atoms with Gasteiger partial charge in [0.15, 0.2) is 12.5 Å². The molecule has 1 aromatic carbocycles. The molecule has 1 saturated heterocycles. The van der Waals surface area contributed by atoms with Crippen LogP contribution in [0.15, 0.2) is 42.6 Å². The summed E-state index contributed by atoms with van der Waals surface area (Å²) < 4.78 is 15.4. The number of anilines is 1. The van der Waals surface area contributed by atoms with Crippen molar-refractivity contribution in [3.8, 4) is 10.6 Å². The molecule has 4 rings (SSSR count). The van der Waals surface area contributed by atoms with E-state index >= 15 is 0 Å². The van der Waals surface area contributed by atoms with E-state index in [4.69, 9.17) is 23.2 Å². The summed E-state index contributed by atoms with van der Waals surface area (Å²) in [7, 11) is 0. The number of carbonyl (C=O) groups excluding carboxylic acids is 1. The van der Waals surface area contributed by atoms with Gasteiger partial charge in [-0.25, -0.2) is 9.07 Å². The monoisotopic (exact) mass is 438 g/mol. The van der Waals surface area contributed by atoms with Crippen LogP contribution in [-0.2, 0) is 4.79 Å². The van der Waals surface area contributed by atoms with Crippen molar-refractivity contribution in [3.63, 3.8) is 0 Å². The third-order valence-electron chi connectivity index (χ3n) is 4.77. The predicted molar refractivity (Wildman–Crippen MR) is 111 cm³/mol. The minimum Gasteiger partial charge on any atom is -0.369 e. The number of benzene rings is 1. The Bertz CT molecular complexity index is 967. The molecule has 0 amide bonds. The quantitative estimate of drug-likeness (QED) is 0.546. The second-order valence-corrected chi connectivity index (χ2v) is 8.58. The van der Waals surface area contributed by atoms with Crippen LogP contribution in [0, 0.1) is 5.82 Å². The highest BCUT2D eigenvalue weighted by Crippen LogP contribution is 2.35. The standard InChI is InChI=1S/C19H17Cl2FN4OS/c20-15-11-26(23-19(15)16-5-6-17(21)28-16)18(12-27)25-9-7-24(8-10-25)14-3-1-13(22)2-4-14/h1-6,11-12,18H,7-10H2. The van der Waals surface area contributed by atoms with Gasteiger partial charge in [0, 0.05) is 38.1 Å². The van der Waals surface area contributed by atoms with E-state index in [1.165, 1.54) is 23.5 Å². The van der Waals surface area contributed by atoms with Crippen LogP contribution in [0.25, 0.3) is 10.6 Å². The Kier molecular flexibility index (Phi) is 5.68. The summed E-state index contributed by atoms with van der Waals surface area (Å²) in [4.78, 5) is 16.9. The smallest absolute Gasteiger partial charge is 0.160 e. The van der Waals surface area contributed by atoms with Crippen LogP contribution in [0.1, 0.15) is 6.17 Å². The van der Waals surface area contributed by atoms with E-state index in [9.17, 15) is 9.18 Å². The average molecular weight is 439 g/mol. The van der Waals surface area contributed by atoms with Crippen molar-refractivity contribution in [3.05, 3.63) is 57.8 Å². The van der Waals surface area contributed by atoms with Gasteiger partial charge < -0.3 is 4.90 Å². The maximum absolute atomic E-state index is 13.1. The number of thiophene rings is 1. The summed E-state index contributed by atoms with van der Waals surface area (Å²) in [5.41, 5.74) is 1.60. The van der Waals surface area contributed by atoms with Gasteiger partial charge in [0.1, 0.15) is 11.5 Å². The van der Waals surface area contributed by atoms with Crippen molar-refractivity contribution in [2.45, 2.75) is 6.17 Å². The number of rotatable bonds is 5. The summed E-state index contributed by atoms with van der Waals surface area (Å²) >= 11 is 13.7. The van der Waals surface area contributed by atoms with Crippen LogP contribution >= 0.6 is 34.5 Å².